The zero-order chi connectivity index (χ0) is 12.1. The van der Waals surface area contributed by atoms with Crippen molar-refractivity contribution in [2.45, 2.75) is 57.7 Å². The second-order valence-corrected chi connectivity index (χ2v) is 5.23. The summed E-state index contributed by atoms with van der Waals surface area (Å²) in [6.07, 6.45) is 4.48. The number of carbonyl (C=O) groups is 1. The Hall–Kier alpha value is -0.280. The van der Waals surface area contributed by atoms with E-state index in [4.69, 9.17) is 11.6 Å². The minimum atomic E-state index is -0.0395. The molecule has 4 heteroatoms. The van der Waals surface area contributed by atoms with Crippen molar-refractivity contribution < 1.29 is 4.79 Å². The lowest BCUT2D eigenvalue weighted by molar-refractivity contribution is -0.119. The number of halogens is 1. The highest BCUT2D eigenvalue weighted by Gasteiger charge is 2.25. The van der Waals surface area contributed by atoms with Crippen molar-refractivity contribution in [2.75, 3.05) is 12.9 Å². The molecule has 0 aromatic heterocycles. The molecule has 0 aromatic rings. The van der Waals surface area contributed by atoms with Gasteiger partial charge in [-0.1, -0.05) is 0 Å². The molecule has 1 N–H and O–H groups in total. The van der Waals surface area contributed by atoms with E-state index in [1.807, 2.05) is 0 Å². The lowest BCUT2D eigenvalue weighted by atomic mass is 9.90. The van der Waals surface area contributed by atoms with Gasteiger partial charge in [-0.3, -0.25) is 4.79 Å². The van der Waals surface area contributed by atoms with Crippen LogP contribution in [-0.2, 0) is 4.79 Å². The first-order valence-corrected chi connectivity index (χ1v) is 6.65. The van der Waals surface area contributed by atoms with Crippen molar-refractivity contribution in [1.82, 2.24) is 10.2 Å². The summed E-state index contributed by atoms with van der Waals surface area (Å²) in [5.41, 5.74) is 0. The lowest BCUT2D eigenvalue weighted by Gasteiger charge is -2.37. The van der Waals surface area contributed by atoms with E-state index in [-0.39, 0.29) is 11.8 Å². The molecule has 1 amide bonds. The first-order chi connectivity index (χ1) is 7.54. The summed E-state index contributed by atoms with van der Waals surface area (Å²) in [4.78, 5) is 13.6. The molecule has 1 fully saturated rings. The van der Waals surface area contributed by atoms with Crippen LogP contribution < -0.4 is 5.32 Å². The van der Waals surface area contributed by atoms with Crippen LogP contribution in [0.15, 0.2) is 0 Å². The molecule has 0 saturated heterocycles. The van der Waals surface area contributed by atoms with Gasteiger partial charge in [-0.25, -0.2) is 0 Å². The minimum absolute atomic E-state index is 0.0395. The van der Waals surface area contributed by atoms with Gasteiger partial charge in [0.25, 0.3) is 0 Å². The number of amides is 1. The van der Waals surface area contributed by atoms with Gasteiger partial charge in [-0.2, -0.15) is 0 Å². The summed E-state index contributed by atoms with van der Waals surface area (Å²) in [5, 5.41) is 2.97. The fraction of sp³-hybridized carbons (Fsp3) is 0.917. The maximum atomic E-state index is 11.2. The van der Waals surface area contributed by atoms with Gasteiger partial charge in [0.2, 0.25) is 5.91 Å². The highest BCUT2D eigenvalue weighted by molar-refractivity contribution is 6.27. The molecule has 16 heavy (non-hydrogen) atoms. The van der Waals surface area contributed by atoms with Crippen molar-refractivity contribution >= 4 is 17.5 Å². The quantitative estimate of drug-likeness (QED) is 0.770. The molecule has 0 aromatic carbocycles. The molecule has 94 valence electrons. The molecule has 0 spiro atoms. The average Bonchev–Trinajstić information content (AvgIpc) is 2.28. The molecular weight excluding hydrogens is 224 g/mol. The summed E-state index contributed by atoms with van der Waals surface area (Å²) in [6, 6.07) is 1.60. The SMILES string of the molecule is CC(C)N(C)C1CCC(NC(=O)CCl)CC1. The predicted octanol–water partition coefficient (Wildman–Crippen LogP) is 1.99. The summed E-state index contributed by atoms with van der Waals surface area (Å²) >= 11 is 5.47. The molecule has 3 nitrogen and oxygen atoms in total. The zero-order valence-electron chi connectivity index (χ0n) is 10.5. The molecule has 1 saturated carbocycles. The Morgan fingerprint density at radius 1 is 1.38 bits per heavy atom. The van der Waals surface area contributed by atoms with Gasteiger partial charge in [0.1, 0.15) is 5.88 Å². The van der Waals surface area contributed by atoms with Crippen molar-refractivity contribution in [2.24, 2.45) is 0 Å². The van der Waals surface area contributed by atoms with Gasteiger partial charge in [-0.05, 0) is 46.6 Å². The van der Waals surface area contributed by atoms with E-state index in [0.29, 0.717) is 18.1 Å². The van der Waals surface area contributed by atoms with E-state index in [1.165, 1.54) is 12.8 Å². The third kappa shape index (κ3) is 3.95. The Morgan fingerprint density at radius 3 is 2.38 bits per heavy atom. The largest absolute Gasteiger partial charge is 0.352 e. The maximum absolute atomic E-state index is 11.2. The standard InChI is InChI=1S/C12H23ClN2O/c1-9(2)15(3)11-6-4-10(5-7-11)14-12(16)8-13/h9-11H,4-8H2,1-3H3,(H,14,16). The monoisotopic (exact) mass is 246 g/mol. The first kappa shape index (κ1) is 13.8. The number of hydrogen-bond acceptors (Lipinski definition) is 2. The smallest absolute Gasteiger partial charge is 0.235 e. The summed E-state index contributed by atoms with van der Waals surface area (Å²) < 4.78 is 0. The Morgan fingerprint density at radius 2 is 1.94 bits per heavy atom. The number of alkyl halides is 1. The molecule has 0 aliphatic heterocycles. The molecule has 1 rings (SSSR count). The second kappa shape index (κ2) is 6.45. The van der Waals surface area contributed by atoms with Crippen molar-refractivity contribution in [3.63, 3.8) is 0 Å². The average molecular weight is 247 g/mol. The van der Waals surface area contributed by atoms with Crippen LogP contribution in [0, 0.1) is 0 Å². The molecule has 0 heterocycles. The number of nitrogens with zero attached hydrogens (tertiary/aromatic N) is 1. The number of rotatable bonds is 4. The number of carbonyl (C=O) groups excluding carboxylic acids is 1. The predicted molar refractivity (Wildman–Crippen MR) is 67.8 cm³/mol. The van der Waals surface area contributed by atoms with E-state index >= 15 is 0 Å². The molecule has 0 radical (unpaired) electrons. The van der Waals surface area contributed by atoms with Crippen molar-refractivity contribution in [3.8, 4) is 0 Å². The zero-order valence-corrected chi connectivity index (χ0v) is 11.3. The van der Waals surface area contributed by atoms with Crippen LogP contribution >= 0.6 is 11.6 Å². The van der Waals surface area contributed by atoms with Crippen LogP contribution in [0.2, 0.25) is 0 Å². The second-order valence-electron chi connectivity index (χ2n) is 4.97. The highest BCUT2D eigenvalue weighted by atomic mass is 35.5. The van der Waals surface area contributed by atoms with Gasteiger partial charge in [0.15, 0.2) is 0 Å². The molecule has 0 unspecified atom stereocenters. The van der Waals surface area contributed by atoms with E-state index in [1.54, 1.807) is 0 Å². The van der Waals surface area contributed by atoms with Crippen LogP contribution in [0.3, 0.4) is 0 Å². The Labute approximate surface area is 104 Å². The number of hydrogen-bond donors (Lipinski definition) is 1. The Balaban J connectivity index is 2.31. The summed E-state index contributed by atoms with van der Waals surface area (Å²) in [6.45, 7) is 4.45. The van der Waals surface area contributed by atoms with E-state index < -0.39 is 0 Å². The third-order valence-corrected chi connectivity index (χ3v) is 3.82. The van der Waals surface area contributed by atoms with Gasteiger partial charge < -0.3 is 10.2 Å². The van der Waals surface area contributed by atoms with Crippen molar-refractivity contribution in [3.05, 3.63) is 0 Å². The van der Waals surface area contributed by atoms with Crippen molar-refractivity contribution in [1.29, 1.82) is 0 Å². The normalized spacial score (nSPS) is 26.1. The molecule has 0 bridgehead atoms. The summed E-state index contributed by atoms with van der Waals surface area (Å²) in [5.74, 6) is 0.0357. The Kier molecular flexibility index (Phi) is 5.56. The van der Waals surface area contributed by atoms with E-state index in [9.17, 15) is 4.79 Å². The Bertz CT molecular complexity index is 225. The van der Waals surface area contributed by atoms with E-state index in [2.05, 4.69) is 31.1 Å². The van der Waals surface area contributed by atoms with Gasteiger partial charge in [0, 0.05) is 18.1 Å². The van der Waals surface area contributed by atoms with Gasteiger partial charge >= 0.3 is 0 Å². The fourth-order valence-corrected chi connectivity index (χ4v) is 2.39. The molecule has 1 aliphatic rings. The summed E-state index contributed by atoms with van der Waals surface area (Å²) in [7, 11) is 2.19. The number of nitrogens with one attached hydrogen (secondary N) is 1. The van der Waals surface area contributed by atoms with Crippen LogP contribution in [0.1, 0.15) is 39.5 Å². The molecule has 1 aliphatic carbocycles. The van der Waals surface area contributed by atoms with E-state index in [0.717, 1.165) is 12.8 Å². The highest BCUT2D eigenvalue weighted by Crippen LogP contribution is 2.23. The molecular formula is C12H23ClN2O. The third-order valence-electron chi connectivity index (χ3n) is 3.57. The van der Waals surface area contributed by atoms with Crippen LogP contribution in [0.4, 0.5) is 0 Å². The minimum Gasteiger partial charge on any atom is -0.352 e. The molecule has 0 atom stereocenters. The lowest BCUT2D eigenvalue weighted by Crippen LogP contribution is -2.44. The van der Waals surface area contributed by atoms with Gasteiger partial charge in [0.05, 0.1) is 0 Å². The van der Waals surface area contributed by atoms with Crippen LogP contribution in [0.5, 0.6) is 0 Å². The fourth-order valence-electron chi connectivity index (χ4n) is 2.32. The van der Waals surface area contributed by atoms with Gasteiger partial charge in [-0.15, -0.1) is 11.6 Å². The van der Waals surface area contributed by atoms with Crippen LogP contribution in [0.25, 0.3) is 0 Å². The van der Waals surface area contributed by atoms with Crippen LogP contribution in [-0.4, -0.2) is 41.9 Å². The topological polar surface area (TPSA) is 32.3 Å². The first-order valence-electron chi connectivity index (χ1n) is 6.11. The maximum Gasteiger partial charge on any atom is 0.235 e.